The molecule has 2 N–H and O–H groups in total. The summed E-state index contributed by atoms with van der Waals surface area (Å²) in [5, 5.41) is 13.2. The molecule has 0 bridgehead atoms. The Hall–Kier alpha value is -0.580. The Kier molecular flexibility index (Phi) is 3.29. The SMILES string of the molecule is Cc1cc(O)c(C2COCCN2)c(Br)c1. The molecule has 82 valence electrons. The van der Waals surface area contributed by atoms with Crippen molar-refractivity contribution in [2.45, 2.75) is 13.0 Å². The molecule has 3 nitrogen and oxygen atoms in total. The van der Waals surface area contributed by atoms with E-state index in [1.807, 2.05) is 13.0 Å². The molecule has 15 heavy (non-hydrogen) atoms. The predicted octanol–water partition coefficient (Wildman–Crippen LogP) is 2.12. The zero-order valence-electron chi connectivity index (χ0n) is 8.59. The number of ether oxygens (including phenoxy) is 1. The molecule has 0 amide bonds. The van der Waals surface area contributed by atoms with Crippen molar-refractivity contribution in [1.29, 1.82) is 0 Å². The highest BCUT2D eigenvalue weighted by atomic mass is 79.9. The molecule has 4 heteroatoms. The van der Waals surface area contributed by atoms with E-state index in [0.29, 0.717) is 12.4 Å². The third kappa shape index (κ3) is 2.33. The number of nitrogens with one attached hydrogen (secondary N) is 1. The highest BCUT2D eigenvalue weighted by molar-refractivity contribution is 9.10. The van der Waals surface area contributed by atoms with Crippen LogP contribution in [0.3, 0.4) is 0 Å². The van der Waals surface area contributed by atoms with E-state index in [1.54, 1.807) is 6.07 Å². The highest BCUT2D eigenvalue weighted by Gasteiger charge is 2.21. The van der Waals surface area contributed by atoms with Crippen LogP contribution in [0, 0.1) is 6.92 Å². The van der Waals surface area contributed by atoms with Crippen LogP contribution in [0.4, 0.5) is 0 Å². The summed E-state index contributed by atoms with van der Waals surface area (Å²) in [6.07, 6.45) is 0. The molecule has 0 radical (unpaired) electrons. The highest BCUT2D eigenvalue weighted by Crippen LogP contribution is 2.33. The number of benzene rings is 1. The first-order valence-electron chi connectivity index (χ1n) is 4.98. The van der Waals surface area contributed by atoms with Gasteiger partial charge in [-0.1, -0.05) is 15.9 Å². The molecule has 0 aliphatic carbocycles. The molecular weight excluding hydrogens is 258 g/mol. The summed E-state index contributed by atoms with van der Waals surface area (Å²) in [7, 11) is 0. The van der Waals surface area contributed by atoms with Crippen LogP contribution in [-0.2, 0) is 4.74 Å². The van der Waals surface area contributed by atoms with Gasteiger partial charge in [0.2, 0.25) is 0 Å². The van der Waals surface area contributed by atoms with Gasteiger partial charge in [0.1, 0.15) is 5.75 Å². The lowest BCUT2D eigenvalue weighted by Crippen LogP contribution is -2.34. The second kappa shape index (κ2) is 4.51. The van der Waals surface area contributed by atoms with Gasteiger partial charge in [-0.15, -0.1) is 0 Å². The van der Waals surface area contributed by atoms with Gasteiger partial charge < -0.3 is 15.2 Å². The molecule has 1 aromatic rings. The topological polar surface area (TPSA) is 41.5 Å². The van der Waals surface area contributed by atoms with Crippen molar-refractivity contribution in [3.8, 4) is 5.75 Å². The Labute approximate surface area is 97.6 Å². The van der Waals surface area contributed by atoms with Crippen molar-refractivity contribution >= 4 is 15.9 Å². The largest absolute Gasteiger partial charge is 0.508 e. The van der Waals surface area contributed by atoms with Crippen LogP contribution >= 0.6 is 15.9 Å². The van der Waals surface area contributed by atoms with Gasteiger partial charge in [0.15, 0.2) is 0 Å². The lowest BCUT2D eigenvalue weighted by molar-refractivity contribution is 0.0758. The number of morpholine rings is 1. The van der Waals surface area contributed by atoms with Crippen LogP contribution in [0.15, 0.2) is 16.6 Å². The molecule has 0 spiro atoms. The lowest BCUT2D eigenvalue weighted by atomic mass is 10.0. The van der Waals surface area contributed by atoms with Crippen molar-refractivity contribution in [2.24, 2.45) is 0 Å². The molecular formula is C11H14BrNO2. The summed E-state index contributed by atoms with van der Waals surface area (Å²) in [6, 6.07) is 3.86. The third-order valence-corrected chi connectivity index (χ3v) is 3.18. The van der Waals surface area contributed by atoms with Gasteiger partial charge >= 0.3 is 0 Å². The molecule has 1 fully saturated rings. The Morgan fingerprint density at radius 1 is 1.53 bits per heavy atom. The van der Waals surface area contributed by atoms with E-state index in [2.05, 4.69) is 21.2 Å². The van der Waals surface area contributed by atoms with Gasteiger partial charge in [0.05, 0.1) is 19.3 Å². The number of aryl methyl sites for hydroxylation is 1. The van der Waals surface area contributed by atoms with Crippen LogP contribution in [0.1, 0.15) is 17.2 Å². The van der Waals surface area contributed by atoms with Crippen LogP contribution in [0.25, 0.3) is 0 Å². The molecule has 1 unspecified atom stereocenters. The van der Waals surface area contributed by atoms with Crippen molar-refractivity contribution < 1.29 is 9.84 Å². The van der Waals surface area contributed by atoms with Gasteiger partial charge in [0, 0.05) is 16.6 Å². The summed E-state index contributed by atoms with van der Waals surface area (Å²) in [6.45, 7) is 4.12. The predicted molar refractivity (Wildman–Crippen MR) is 62.1 cm³/mol. The molecule has 2 rings (SSSR count). The summed E-state index contributed by atoms with van der Waals surface area (Å²) in [5.41, 5.74) is 1.93. The summed E-state index contributed by atoms with van der Waals surface area (Å²) in [5.74, 6) is 0.324. The van der Waals surface area contributed by atoms with Gasteiger partial charge in [0.25, 0.3) is 0 Å². The molecule has 0 saturated carbocycles. The molecule has 1 heterocycles. The molecule has 1 aromatic carbocycles. The van der Waals surface area contributed by atoms with Crippen LogP contribution < -0.4 is 5.32 Å². The van der Waals surface area contributed by atoms with Crippen LogP contribution in [0.5, 0.6) is 5.75 Å². The first-order chi connectivity index (χ1) is 7.18. The van der Waals surface area contributed by atoms with Gasteiger partial charge in [-0.3, -0.25) is 0 Å². The van der Waals surface area contributed by atoms with E-state index >= 15 is 0 Å². The Balaban J connectivity index is 2.33. The first kappa shape index (κ1) is 10.9. The van der Waals surface area contributed by atoms with Gasteiger partial charge in [-0.2, -0.15) is 0 Å². The Morgan fingerprint density at radius 3 is 2.93 bits per heavy atom. The number of phenolic OH excluding ortho intramolecular Hbond substituents is 1. The molecule has 1 aliphatic heterocycles. The standard InChI is InChI=1S/C11H14BrNO2/c1-7-4-8(12)11(10(14)5-7)9-6-15-3-2-13-9/h4-5,9,13-14H,2-3,6H2,1H3. The maximum absolute atomic E-state index is 9.90. The number of rotatable bonds is 1. The first-order valence-corrected chi connectivity index (χ1v) is 5.78. The normalized spacial score (nSPS) is 21.6. The van der Waals surface area contributed by atoms with E-state index in [4.69, 9.17) is 4.74 Å². The zero-order chi connectivity index (χ0) is 10.8. The van der Waals surface area contributed by atoms with E-state index in [0.717, 1.165) is 28.8 Å². The summed E-state index contributed by atoms with van der Waals surface area (Å²) >= 11 is 3.48. The monoisotopic (exact) mass is 271 g/mol. The molecule has 1 aliphatic rings. The van der Waals surface area contributed by atoms with E-state index in [9.17, 15) is 5.11 Å². The van der Waals surface area contributed by atoms with E-state index in [-0.39, 0.29) is 6.04 Å². The fraction of sp³-hybridized carbons (Fsp3) is 0.455. The minimum atomic E-state index is 0.0775. The van der Waals surface area contributed by atoms with Gasteiger partial charge in [-0.05, 0) is 24.6 Å². The second-order valence-electron chi connectivity index (χ2n) is 3.76. The van der Waals surface area contributed by atoms with Gasteiger partial charge in [-0.25, -0.2) is 0 Å². The third-order valence-electron chi connectivity index (χ3n) is 2.52. The maximum Gasteiger partial charge on any atom is 0.121 e. The number of phenols is 1. The molecule has 0 aromatic heterocycles. The quantitative estimate of drug-likeness (QED) is 0.822. The Bertz CT molecular complexity index is 339. The van der Waals surface area contributed by atoms with Crippen molar-refractivity contribution in [1.82, 2.24) is 5.32 Å². The molecule has 1 atom stereocenters. The number of hydrogen-bond acceptors (Lipinski definition) is 3. The minimum absolute atomic E-state index is 0.0775. The fourth-order valence-corrected chi connectivity index (χ4v) is 2.67. The smallest absolute Gasteiger partial charge is 0.121 e. The fourth-order valence-electron chi connectivity index (χ4n) is 1.83. The summed E-state index contributed by atoms with van der Waals surface area (Å²) < 4.78 is 6.32. The van der Waals surface area contributed by atoms with E-state index < -0.39 is 0 Å². The average molecular weight is 272 g/mol. The number of aromatic hydroxyl groups is 1. The number of halogens is 1. The summed E-state index contributed by atoms with van der Waals surface area (Å²) in [4.78, 5) is 0. The van der Waals surface area contributed by atoms with Crippen LogP contribution in [0.2, 0.25) is 0 Å². The van der Waals surface area contributed by atoms with Crippen molar-refractivity contribution in [3.63, 3.8) is 0 Å². The lowest BCUT2D eigenvalue weighted by Gasteiger charge is -2.25. The van der Waals surface area contributed by atoms with Crippen molar-refractivity contribution in [2.75, 3.05) is 19.8 Å². The second-order valence-corrected chi connectivity index (χ2v) is 4.62. The minimum Gasteiger partial charge on any atom is -0.508 e. The molecule has 1 saturated heterocycles. The van der Waals surface area contributed by atoms with Crippen LogP contribution in [-0.4, -0.2) is 24.9 Å². The zero-order valence-corrected chi connectivity index (χ0v) is 10.2. The van der Waals surface area contributed by atoms with Crippen molar-refractivity contribution in [3.05, 3.63) is 27.7 Å². The maximum atomic E-state index is 9.90. The Morgan fingerprint density at radius 2 is 2.33 bits per heavy atom. The van der Waals surface area contributed by atoms with E-state index in [1.165, 1.54) is 0 Å². The average Bonchev–Trinajstić information content (AvgIpc) is 2.17. The number of hydrogen-bond donors (Lipinski definition) is 2.